The van der Waals surface area contributed by atoms with Crippen LogP contribution in [0.3, 0.4) is 0 Å². The second-order valence-corrected chi connectivity index (χ2v) is 7.31. The van der Waals surface area contributed by atoms with Crippen LogP contribution in [0, 0.1) is 0 Å². The lowest BCUT2D eigenvalue weighted by Crippen LogP contribution is -2.25. The number of aromatic nitrogens is 2. The van der Waals surface area contributed by atoms with Crippen molar-refractivity contribution in [2.75, 3.05) is 18.0 Å². The lowest BCUT2D eigenvalue weighted by molar-refractivity contribution is 0.678. The molecule has 0 unspecified atom stereocenters. The zero-order valence-electron chi connectivity index (χ0n) is 17.6. The third-order valence-corrected chi connectivity index (χ3v) is 5.00. The normalized spacial score (nSPS) is 11.1. The molecule has 0 aliphatic carbocycles. The molecule has 3 heteroatoms. The summed E-state index contributed by atoms with van der Waals surface area (Å²) in [6.07, 6.45) is 12.9. The number of nitrogens with zero attached hydrogens (tertiary/aromatic N) is 3. The highest BCUT2D eigenvalue weighted by Gasteiger charge is 2.05. The monoisotopic (exact) mass is 385 g/mol. The molecule has 2 heterocycles. The lowest BCUT2D eigenvalue weighted by atomic mass is 10.1. The summed E-state index contributed by atoms with van der Waals surface area (Å²) >= 11 is 0. The van der Waals surface area contributed by atoms with Gasteiger partial charge < -0.3 is 4.90 Å². The SMILES string of the molecule is CCCCN(CCCC)c1ccc(C=Cc2ccnc(-c3ccccn3)c2)cc1. The average Bonchev–Trinajstić information content (AvgIpc) is 2.79. The Bertz CT molecular complexity index is 877. The number of pyridine rings is 2. The topological polar surface area (TPSA) is 29.0 Å². The van der Waals surface area contributed by atoms with E-state index in [1.165, 1.54) is 36.9 Å². The number of benzene rings is 1. The van der Waals surface area contributed by atoms with Crippen molar-refractivity contribution in [2.45, 2.75) is 39.5 Å². The van der Waals surface area contributed by atoms with Crippen molar-refractivity contribution in [2.24, 2.45) is 0 Å². The maximum atomic E-state index is 4.44. The molecule has 29 heavy (non-hydrogen) atoms. The van der Waals surface area contributed by atoms with Gasteiger partial charge in [-0.2, -0.15) is 0 Å². The summed E-state index contributed by atoms with van der Waals surface area (Å²) in [6.45, 7) is 6.78. The first-order valence-electron chi connectivity index (χ1n) is 10.7. The van der Waals surface area contributed by atoms with Crippen LogP contribution in [0.1, 0.15) is 50.7 Å². The Balaban J connectivity index is 1.69. The molecule has 0 spiro atoms. The van der Waals surface area contributed by atoms with Crippen molar-refractivity contribution in [3.63, 3.8) is 0 Å². The number of unbranched alkanes of at least 4 members (excludes halogenated alkanes) is 2. The third-order valence-electron chi connectivity index (χ3n) is 5.00. The predicted molar refractivity (Wildman–Crippen MR) is 125 cm³/mol. The Hall–Kier alpha value is -2.94. The molecule has 150 valence electrons. The molecule has 0 N–H and O–H groups in total. The van der Waals surface area contributed by atoms with E-state index < -0.39 is 0 Å². The van der Waals surface area contributed by atoms with E-state index >= 15 is 0 Å². The van der Waals surface area contributed by atoms with Crippen LogP contribution in [0.25, 0.3) is 23.5 Å². The molecule has 0 bridgehead atoms. The Morgan fingerprint density at radius 3 is 2.07 bits per heavy atom. The summed E-state index contributed by atoms with van der Waals surface area (Å²) in [7, 11) is 0. The number of anilines is 1. The van der Waals surface area contributed by atoms with E-state index in [9.17, 15) is 0 Å². The molecule has 2 aromatic heterocycles. The maximum absolute atomic E-state index is 4.44. The van der Waals surface area contributed by atoms with Gasteiger partial charge >= 0.3 is 0 Å². The summed E-state index contributed by atoms with van der Waals surface area (Å²) in [5.41, 5.74) is 5.44. The van der Waals surface area contributed by atoms with Gasteiger partial charge in [-0.05, 0) is 60.4 Å². The third kappa shape index (κ3) is 6.28. The van der Waals surface area contributed by atoms with Gasteiger partial charge in [0.1, 0.15) is 0 Å². The highest BCUT2D eigenvalue weighted by molar-refractivity contribution is 5.72. The first kappa shape index (κ1) is 20.8. The van der Waals surface area contributed by atoms with E-state index in [2.05, 4.69) is 71.2 Å². The lowest BCUT2D eigenvalue weighted by Gasteiger charge is -2.24. The molecule has 0 amide bonds. The van der Waals surface area contributed by atoms with E-state index in [-0.39, 0.29) is 0 Å². The van der Waals surface area contributed by atoms with Gasteiger partial charge in [-0.25, -0.2) is 0 Å². The molecular weight excluding hydrogens is 354 g/mol. The van der Waals surface area contributed by atoms with Crippen LogP contribution < -0.4 is 4.90 Å². The van der Waals surface area contributed by atoms with Crippen LogP contribution in [0.2, 0.25) is 0 Å². The van der Waals surface area contributed by atoms with E-state index in [0.717, 1.165) is 30.0 Å². The van der Waals surface area contributed by atoms with Gasteiger partial charge in [0.15, 0.2) is 0 Å². The average molecular weight is 386 g/mol. The Kier molecular flexibility index (Phi) is 8.00. The molecule has 3 nitrogen and oxygen atoms in total. The van der Waals surface area contributed by atoms with Gasteiger partial charge in [0.05, 0.1) is 11.4 Å². The van der Waals surface area contributed by atoms with Gasteiger partial charge in [-0.15, -0.1) is 0 Å². The minimum atomic E-state index is 0.894. The van der Waals surface area contributed by atoms with Crippen LogP contribution in [0.5, 0.6) is 0 Å². The molecule has 0 fully saturated rings. The number of hydrogen-bond donors (Lipinski definition) is 0. The van der Waals surface area contributed by atoms with Crippen LogP contribution in [-0.2, 0) is 0 Å². The van der Waals surface area contributed by atoms with Crippen molar-refractivity contribution in [1.29, 1.82) is 0 Å². The van der Waals surface area contributed by atoms with Gasteiger partial charge in [0, 0.05) is 31.2 Å². The summed E-state index contributed by atoms with van der Waals surface area (Å²) in [4.78, 5) is 11.3. The van der Waals surface area contributed by atoms with Crippen LogP contribution in [0.15, 0.2) is 67.0 Å². The highest BCUT2D eigenvalue weighted by Crippen LogP contribution is 2.20. The molecule has 3 rings (SSSR count). The first-order chi connectivity index (χ1) is 14.3. The number of rotatable bonds is 10. The minimum absolute atomic E-state index is 0.894. The molecular formula is C26H31N3. The standard InChI is InChI=1S/C26H31N3/c1-3-5-19-29(20-6-4-2)24-14-12-22(13-15-24)10-11-23-16-18-28-26(21-23)25-9-7-8-17-27-25/h7-18,21H,3-6,19-20H2,1-2H3. The van der Waals surface area contributed by atoms with Crippen molar-refractivity contribution in [3.05, 3.63) is 78.1 Å². The molecule has 0 saturated carbocycles. The zero-order chi connectivity index (χ0) is 20.3. The summed E-state index contributed by atoms with van der Waals surface area (Å²) in [5, 5.41) is 0. The number of hydrogen-bond acceptors (Lipinski definition) is 3. The smallest absolute Gasteiger partial charge is 0.0892 e. The van der Waals surface area contributed by atoms with Crippen molar-refractivity contribution in [1.82, 2.24) is 9.97 Å². The fourth-order valence-corrected chi connectivity index (χ4v) is 3.26. The summed E-state index contributed by atoms with van der Waals surface area (Å²) in [5.74, 6) is 0. The van der Waals surface area contributed by atoms with Crippen molar-refractivity contribution >= 4 is 17.8 Å². The predicted octanol–water partition coefficient (Wildman–Crippen LogP) is 6.72. The van der Waals surface area contributed by atoms with Gasteiger partial charge in [-0.3, -0.25) is 9.97 Å². The fourth-order valence-electron chi connectivity index (χ4n) is 3.26. The molecule has 0 radical (unpaired) electrons. The molecule has 1 aromatic carbocycles. The van der Waals surface area contributed by atoms with E-state index in [1.807, 2.05) is 30.5 Å². The van der Waals surface area contributed by atoms with Crippen LogP contribution >= 0.6 is 0 Å². The van der Waals surface area contributed by atoms with Gasteiger partial charge in [0.25, 0.3) is 0 Å². The molecule has 0 aliphatic heterocycles. The zero-order valence-corrected chi connectivity index (χ0v) is 17.6. The van der Waals surface area contributed by atoms with Crippen molar-refractivity contribution < 1.29 is 0 Å². The Morgan fingerprint density at radius 2 is 1.41 bits per heavy atom. The van der Waals surface area contributed by atoms with E-state index in [0.29, 0.717) is 0 Å². The summed E-state index contributed by atoms with van der Waals surface area (Å²) in [6, 6.07) is 18.9. The van der Waals surface area contributed by atoms with E-state index in [1.54, 1.807) is 6.20 Å². The van der Waals surface area contributed by atoms with Gasteiger partial charge in [0.2, 0.25) is 0 Å². The minimum Gasteiger partial charge on any atom is -0.372 e. The molecule has 0 saturated heterocycles. The van der Waals surface area contributed by atoms with Crippen LogP contribution in [-0.4, -0.2) is 23.1 Å². The Labute approximate surface area is 175 Å². The highest BCUT2D eigenvalue weighted by atomic mass is 15.1. The second kappa shape index (κ2) is 11.2. The summed E-state index contributed by atoms with van der Waals surface area (Å²) < 4.78 is 0. The first-order valence-corrected chi connectivity index (χ1v) is 10.7. The quantitative estimate of drug-likeness (QED) is 0.388. The fraction of sp³-hybridized carbons (Fsp3) is 0.308. The van der Waals surface area contributed by atoms with Crippen LogP contribution in [0.4, 0.5) is 5.69 Å². The maximum Gasteiger partial charge on any atom is 0.0892 e. The van der Waals surface area contributed by atoms with Gasteiger partial charge in [-0.1, -0.05) is 57.0 Å². The molecule has 3 aromatic rings. The van der Waals surface area contributed by atoms with Crippen molar-refractivity contribution in [3.8, 4) is 11.4 Å². The molecule has 0 aliphatic rings. The largest absolute Gasteiger partial charge is 0.372 e. The Morgan fingerprint density at radius 1 is 0.724 bits per heavy atom. The van der Waals surface area contributed by atoms with E-state index in [4.69, 9.17) is 0 Å². The second-order valence-electron chi connectivity index (χ2n) is 7.31. The molecule has 0 atom stereocenters.